The molecular weight excluding hydrogens is 536 g/mol. The Morgan fingerprint density at radius 3 is 2.05 bits per heavy atom. The average molecular weight is 577 g/mol. The van der Waals surface area contributed by atoms with Gasteiger partial charge in [-0.25, -0.2) is 8.42 Å². The monoisotopic (exact) mass is 576 g/mol. The molecule has 2 rings (SSSR count). The summed E-state index contributed by atoms with van der Waals surface area (Å²) in [5, 5.41) is 7.79. The minimum Gasteiger partial charge on any atom is -0.461 e. The van der Waals surface area contributed by atoms with Crippen LogP contribution in [0.1, 0.15) is 63.6 Å². The molecule has 0 fully saturated rings. The topological polar surface area (TPSA) is 164 Å². The van der Waals surface area contributed by atoms with Crippen LogP contribution in [0, 0.1) is 18.8 Å². The Morgan fingerprint density at radius 2 is 1.50 bits per heavy atom. The first-order valence-corrected chi connectivity index (χ1v) is 14.7. The summed E-state index contributed by atoms with van der Waals surface area (Å²) in [6, 6.07) is 5.56. The lowest BCUT2D eigenvalue weighted by Crippen LogP contribution is -2.55. The van der Waals surface area contributed by atoms with Gasteiger partial charge in [-0.05, 0) is 56.4 Å². The van der Waals surface area contributed by atoms with Crippen LogP contribution < -0.4 is 20.7 Å². The third kappa shape index (κ3) is 10.2. The summed E-state index contributed by atoms with van der Waals surface area (Å²) in [5.41, 5.74) is 0.849. The van der Waals surface area contributed by atoms with Gasteiger partial charge in [-0.15, -0.1) is 0 Å². The smallest absolute Gasteiger partial charge is 0.242 e. The molecule has 220 valence electrons. The van der Waals surface area contributed by atoms with Crippen molar-refractivity contribution in [3.05, 3.63) is 54.0 Å². The molecule has 1 heterocycles. The van der Waals surface area contributed by atoms with E-state index < -0.39 is 58.1 Å². The molecule has 0 saturated carbocycles. The van der Waals surface area contributed by atoms with E-state index in [4.69, 9.17) is 4.42 Å². The lowest BCUT2D eigenvalue weighted by molar-refractivity contribution is -0.131. The van der Waals surface area contributed by atoms with Gasteiger partial charge in [0.05, 0.1) is 23.6 Å². The summed E-state index contributed by atoms with van der Waals surface area (Å²) in [6.07, 6.45) is 1.21. The molecule has 3 amide bonds. The quantitative estimate of drug-likeness (QED) is 0.236. The van der Waals surface area contributed by atoms with Crippen molar-refractivity contribution >= 4 is 33.5 Å². The standard InChI is InChI=1S/C28H40N4O7S/c1-17(2)14-22(26(34)24-8-7-13-39-24)31-27(35)20(6)30-28(36)23(15-25(33)29-16-18(3)4)32-40(37,38)21-11-9-19(5)10-12-21/h7-13,17-18,20,22-23,32H,14-16H2,1-6H3,(H,29,33)(H,30,36)(H,31,35). The highest BCUT2D eigenvalue weighted by Crippen LogP contribution is 2.14. The minimum atomic E-state index is -4.17. The van der Waals surface area contributed by atoms with Crippen molar-refractivity contribution in [2.24, 2.45) is 11.8 Å². The number of hydrogen-bond acceptors (Lipinski definition) is 7. The highest BCUT2D eigenvalue weighted by atomic mass is 32.2. The molecule has 0 radical (unpaired) electrons. The van der Waals surface area contributed by atoms with Crippen LogP contribution in [0.25, 0.3) is 0 Å². The predicted octanol–water partition coefficient (Wildman–Crippen LogP) is 2.32. The number of Topliss-reactive ketones (excluding diaryl/α,β-unsaturated/α-hetero) is 1. The van der Waals surface area contributed by atoms with Gasteiger partial charge in [0, 0.05) is 6.54 Å². The second-order valence-electron chi connectivity index (χ2n) is 10.7. The van der Waals surface area contributed by atoms with Gasteiger partial charge in [0.1, 0.15) is 12.1 Å². The van der Waals surface area contributed by atoms with E-state index in [-0.39, 0.29) is 22.5 Å². The summed E-state index contributed by atoms with van der Waals surface area (Å²) in [5.74, 6) is -2.14. The number of hydrogen-bond donors (Lipinski definition) is 4. The fourth-order valence-corrected chi connectivity index (χ4v) is 4.90. The highest BCUT2D eigenvalue weighted by molar-refractivity contribution is 7.89. The van der Waals surface area contributed by atoms with Crippen molar-refractivity contribution in [2.75, 3.05) is 6.54 Å². The number of nitrogens with one attached hydrogen (secondary N) is 4. The molecule has 40 heavy (non-hydrogen) atoms. The van der Waals surface area contributed by atoms with E-state index in [1.165, 1.54) is 31.4 Å². The van der Waals surface area contributed by atoms with Gasteiger partial charge in [0.15, 0.2) is 5.76 Å². The minimum absolute atomic E-state index is 0.0685. The van der Waals surface area contributed by atoms with E-state index in [1.54, 1.807) is 25.1 Å². The van der Waals surface area contributed by atoms with Crippen LogP contribution in [0.4, 0.5) is 0 Å². The second kappa shape index (κ2) is 14.8. The van der Waals surface area contributed by atoms with Gasteiger partial charge >= 0.3 is 0 Å². The SMILES string of the molecule is Cc1ccc(S(=O)(=O)NC(CC(=O)NCC(C)C)C(=O)NC(C)C(=O)NC(CC(C)C)C(=O)c2ccco2)cc1. The fourth-order valence-electron chi connectivity index (χ4n) is 3.71. The van der Waals surface area contributed by atoms with Gasteiger partial charge in [-0.1, -0.05) is 45.4 Å². The van der Waals surface area contributed by atoms with E-state index in [0.29, 0.717) is 13.0 Å². The summed E-state index contributed by atoms with van der Waals surface area (Å²) in [7, 11) is -4.17. The van der Waals surface area contributed by atoms with Crippen molar-refractivity contribution in [3.8, 4) is 0 Å². The van der Waals surface area contributed by atoms with Crippen molar-refractivity contribution in [2.45, 2.75) is 77.4 Å². The first-order valence-electron chi connectivity index (χ1n) is 13.2. The Bertz CT molecular complexity index is 1260. The molecule has 0 saturated heterocycles. The van der Waals surface area contributed by atoms with E-state index in [9.17, 15) is 27.6 Å². The summed E-state index contributed by atoms with van der Waals surface area (Å²) in [6.45, 7) is 11.1. The van der Waals surface area contributed by atoms with Gasteiger partial charge in [-0.2, -0.15) is 4.72 Å². The van der Waals surface area contributed by atoms with Crippen LogP contribution >= 0.6 is 0 Å². The molecule has 0 bridgehead atoms. The number of benzene rings is 1. The van der Waals surface area contributed by atoms with E-state index in [0.717, 1.165) is 5.56 Å². The van der Waals surface area contributed by atoms with Crippen molar-refractivity contribution in [1.29, 1.82) is 0 Å². The molecular formula is C28H40N4O7S. The molecule has 0 aliphatic carbocycles. The normalized spacial score (nSPS) is 13.9. The molecule has 0 aliphatic rings. The molecule has 3 unspecified atom stereocenters. The first-order chi connectivity index (χ1) is 18.7. The lowest BCUT2D eigenvalue weighted by Gasteiger charge is -2.23. The van der Waals surface area contributed by atoms with Crippen LogP contribution in [-0.2, 0) is 24.4 Å². The molecule has 0 aliphatic heterocycles. The van der Waals surface area contributed by atoms with Crippen LogP contribution in [0.15, 0.2) is 52.0 Å². The number of sulfonamides is 1. The zero-order valence-corrected chi connectivity index (χ0v) is 24.6. The van der Waals surface area contributed by atoms with Crippen LogP contribution in [0.2, 0.25) is 0 Å². The Hall–Kier alpha value is -3.51. The fraction of sp³-hybridized carbons (Fsp3) is 0.500. The Kier molecular flexibility index (Phi) is 12.1. The molecule has 2 aromatic rings. The largest absolute Gasteiger partial charge is 0.461 e. The number of carbonyl (C=O) groups is 4. The number of amides is 3. The van der Waals surface area contributed by atoms with Crippen molar-refractivity contribution in [3.63, 3.8) is 0 Å². The maximum Gasteiger partial charge on any atom is 0.242 e. The van der Waals surface area contributed by atoms with Crippen LogP contribution in [0.5, 0.6) is 0 Å². The molecule has 4 N–H and O–H groups in total. The summed E-state index contributed by atoms with van der Waals surface area (Å²) < 4.78 is 33.5. The molecule has 3 atom stereocenters. The Morgan fingerprint density at radius 1 is 0.850 bits per heavy atom. The van der Waals surface area contributed by atoms with Gasteiger partial charge in [0.2, 0.25) is 33.5 Å². The van der Waals surface area contributed by atoms with Crippen molar-refractivity contribution < 1.29 is 32.0 Å². The zero-order valence-electron chi connectivity index (χ0n) is 23.8. The van der Waals surface area contributed by atoms with E-state index >= 15 is 0 Å². The molecule has 12 heteroatoms. The van der Waals surface area contributed by atoms with Crippen LogP contribution in [0.3, 0.4) is 0 Å². The second-order valence-corrected chi connectivity index (χ2v) is 12.4. The number of ketones is 1. The summed E-state index contributed by atoms with van der Waals surface area (Å²) >= 11 is 0. The van der Waals surface area contributed by atoms with Crippen LogP contribution in [-0.4, -0.2) is 56.6 Å². The van der Waals surface area contributed by atoms with E-state index in [1.807, 2.05) is 27.7 Å². The van der Waals surface area contributed by atoms with Gasteiger partial charge < -0.3 is 20.4 Å². The third-order valence-electron chi connectivity index (χ3n) is 5.90. The predicted molar refractivity (Wildman–Crippen MR) is 150 cm³/mol. The number of aryl methyl sites for hydroxylation is 1. The number of carbonyl (C=O) groups excluding carboxylic acids is 4. The molecule has 1 aromatic heterocycles. The van der Waals surface area contributed by atoms with Crippen molar-refractivity contribution in [1.82, 2.24) is 20.7 Å². The summed E-state index contributed by atoms with van der Waals surface area (Å²) in [4.78, 5) is 51.5. The Balaban J connectivity index is 2.18. The third-order valence-corrected chi connectivity index (χ3v) is 7.39. The maximum atomic E-state index is 13.2. The Labute approximate surface area is 235 Å². The highest BCUT2D eigenvalue weighted by Gasteiger charge is 2.32. The molecule has 1 aromatic carbocycles. The zero-order chi connectivity index (χ0) is 30.0. The van der Waals surface area contributed by atoms with Gasteiger partial charge in [-0.3, -0.25) is 19.2 Å². The van der Waals surface area contributed by atoms with E-state index in [2.05, 4.69) is 20.7 Å². The van der Waals surface area contributed by atoms with Gasteiger partial charge in [0.25, 0.3) is 0 Å². The molecule has 0 spiro atoms. The lowest BCUT2D eigenvalue weighted by atomic mass is 9.98. The molecule has 11 nitrogen and oxygen atoms in total. The first kappa shape index (κ1) is 32.7. The maximum absolute atomic E-state index is 13.2. The number of rotatable bonds is 15. The number of furan rings is 1. The average Bonchev–Trinajstić information content (AvgIpc) is 3.41.